The third-order valence-corrected chi connectivity index (χ3v) is 7.54. The van der Waals surface area contributed by atoms with Crippen molar-refractivity contribution in [1.29, 1.82) is 0 Å². The number of fused-ring (bicyclic) bond motifs is 1. The van der Waals surface area contributed by atoms with E-state index < -0.39 is 0 Å². The molecule has 1 fully saturated rings. The first-order valence-corrected chi connectivity index (χ1v) is 12.8. The van der Waals surface area contributed by atoms with Crippen molar-refractivity contribution in [2.24, 2.45) is 5.92 Å². The van der Waals surface area contributed by atoms with Gasteiger partial charge in [-0.2, -0.15) is 0 Å². The molecule has 4 aromatic heterocycles. The molecule has 10 heteroatoms. The van der Waals surface area contributed by atoms with E-state index in [4.69, 9.17) is 11.5 Å². The summed E-state index contributed by atoms with van der Waals surface area (Å²) in [6.07, 6.45) is 8.42. The number of carbonyl (C=O) groups is 1. The maximum Gasteiger partial charge on any atom is 0.255 e. The van der Waals surface area contributed by atoms with Gasteiger partial charge in [0.05, 0.1) is 22.6 Å². The van der Waals surface area contributed by atoms with E-state index in [1.165, 1.54) is 4.88 Å². The molecule has 5 heterocycles. The van der Waals surface area contributed by atoms with Crippen molar-refractivity contribution in [3.63, 3.8) is 0 Å². The molecule has 35 heavy (non-hydrogen) atoms. The summed E-state index contributed by atoms with van der Waals surface area (Å²) in [7, 11) is 0. The van der Waals surface area contributed by atoms with Gasteiger partial charge in [0.1, 0.15) is 10.8 Å². The zero-order valence-electron chi connectivity index (χ0n) is 19.8. The van der Waals surface area contributed by atoms with Gasteiger partial charge in [0.25, 0.3) is 5.91 Å². The molecule has 0 aromatic carbocycles. The van der Waals surface area contributed by atoms with E-state index in [1.54, 1.807) is 28.0 Å². The molecule has 9 nitrogen and oxygen atoms in total. The number of thiazole rings is 1. The highest BCUT2D eigenvalue weighted by Crippen LogP contribution is 2.26. The Hall–Kier alpha value is -3.50. The number of aromatic nitrogens is 4. The van der Waals surface area contributed by atoms with E-state index in [0.29, 0.717) is 35.2 Å². The molecule has 5 rings (SSSR count). The molecule has 0 spiro atoms. The number of nitrogens with two attached hydrogens (primary N) is 2. The number of anilines is 2. The quantitative estimate of drug-likeness (QED) is 0.363. The Balaban J connectivity index is 1.15. The summed E-state index contributed by atoms with van der Waals surface area (Å²) in [5.41, 5.74) is 15.3. The molecular weight excluding hydrogens is 460 g/mol. The lowest BCUT2D eigenvalue weighted by atomic mass is 9.96. The number of nitrogen functional groups attached to an aromatic ring is 2. The standard InChI is InChI=1S/C25H30N8OS/c1-2-17-14-33-22(27)20(26)11-19(23(33)31-17)24(34)29-12-16-6-9-32(10-7-16)15-18-13-30-25(35-18)21-5-3-4-8-28-21/h3-5,8,11,13-14,16H,2,6-7,9-10,12,15,26-27H2,1H3,(H,29,34). The highest BCUT2D eigenvalue weighted by molar-refractivity contribution is 7.14. The van der Waals surface area contributed by atoms with E-state index >= 15 is 0 Å². The molecule has 0 saturated carbocycles. The highest BCUT2D eigenvalue weighted by Gasteiger charge is 2.22. The number of nitrogens with one attached hydrogen (secondary N) is 1. The average molecular weight is 491 g/mol. The lowest BCUT2D eigenvalue weighted by Gasteiger charge is -2.31. The van der Waals surface area contributed by atoms with Crippen LogP contribution < -0.4 is 16.8 Å². The predicted molar refractivity (Wildman–Crippen MR) is 139 cm³/mol. The summed E-state index contributed by atoms with van der Waals surface area (Å²) >= 11 is 1.70. The number of nitrogens with zero attached hydrogens (tertiary/aromatic N) is 5. The number of imidazole rings is 1. The van der Waals surface area contributed by atoms with Crippen LogP contribution >= 0.6 is 11.3 Å². The van der Waals surface area contributed by atoms with Gasteiger partial charge in [-0.15, -0.1) is 11.3 Å². The first-order chi connectivity index (χ1) is 17.0. The smallest absolute Gasteiger partial charge is 0.255 e. The third-order valence-electron chi connectivity index (χ3n) is 6.53. The molecule has 1 aliphatic rings. The highest BCUT2D eigenvalue weighted by atomic mass is 32.1. The van der Waals surface area contributed by atoms with Gasteiger partial charge in [-0.1, -0.05) is 13.0 Å². The molecule has 182 valence electrons. The van der Waals surface area contributed by atoms with Crippen LogP contribution in [0.4, 0.5) is 11.5 Å². The minimum absolute atomic E-state index is 0.163. The number of piperidine rings is 1. The number of aryl methyl sites for hydroxylation is 1. The fourth-order valence-electron chi connectivity index (χ4n) is 4.46. The maximum atomic E-state index is 13.0. The number of likely N-dealkylation sites (tertiary alicyclic amines) is 1. The number of hydrogen-bond acceptors (Lipinski definition) is 8. The van der Waals surface area contributed by atoms with Crippen LogP contribution in [-0.2, 0) is 13.0 Å². The Morgan fingerprint density at radius 1 is 1.23 bits per heavy atom. The topological polar surface area (TPSA) is 127 Å². The second-order valence-electron chi connectivity index (χ2n) is 8.95. The zero-order chi connectivity index (χ0) is 24.4. The SMILES string of the molecule is CCc1cn2c(N)c(N)cc(C(=O)NCC3CCN(Cc4cnc(-c5ccccn5)s4)CC3)c2n1. The molecule has 0 atom stereocenters. The lowest BCUT2D eigenvalue weighted by molar-refractivity contribution is 0.0936. The average Bonchev–Trinajstić information content (AvgIpc) is 3.54. The Morgan fingerprint density at radius 3 is 2.80 bits per heavy atom. The minimum Gasteiger partial charge on any atom is -0.396 e. The van der Waals surface area contributed by atoms with Crippen LogP contribution in [0.3, 0.4) is 0 Å². The summed E-state index contributed by atoms with van der Waals surface area (Å²) in [5, 5.41) is 4.06. The van der Waals surface area contributed by atoms with Crippen molar-refractivity contribution < 1.29 is 4.79 Å². The molecular formula is C25H30N8OS. The molecule has 0 bridgehead atoms. The fourth-order valence-corrected chi connectivity index (χ4v) is 5.39. The first kappa shape index (κ1) is 23.3. The molecule has 0 aliphatic carbocycles. The minimum atomic E-state index is -0.163. The van der Waals surface area contributed by atoms with E-state index in [-0.39, 0.29) is 5.91 Å². The fraction of sp³-hybridized carbons (Fsp3) is 0.360. The van der Waals surface area contributed by atoms with Crippen LogP contribution in [0.15, 0.2) is 42.9 Å². The molecule has 0 unspecified atom stereocenters. The van der Waals surface area contributed by atoms with Crippen LogP contribution in [0.5, 0.6) is 0 Å². The normalized spacial score (nSPS) is 15.0. The number of carbonyl (C=O) groups excluding carboxylic acids is 1. The van der Waals surface area contributed by atoms with Gasteiger partial charge in [-0.05, 0) is 56.5 Å². The van der Waals surface area contributed by atoms with Crippen LogP contribution in [-0.4, -0.2) is 49.8 Å². The Kier molecular flexibility index (Phi) is 6.65. The number of pyridine rings is 2. The molecule has 4 aromatic rings. The van der Waals surface area contributed by atoms with Gasteiger partial charge in [0, 0.05) is 36.6 Å². The first-order valence-electron chi connectivity index (χ1n) is 11.9. The van der Waals surface area contributed by atoms with E-state index in [9.17, 15) is 4.79 Å². The van der Waals surface area contributed by atoms with Crippen molar-refractivity contribution >= 4 is 34.4 Å². The van der Waals surface area contributed by atoms with Crippen molar-refractivity contribution in [3.8, 4) is 10.7 Å². The van der Waals surface area contributed by atoms with Gasteiger partial charge in [0.15, 0.2) is 5.65 Å². The van der Waals surface area contributed by atoms with Gasteiger partial charge in [0.2, 0.25) is 0 Å². The van der Waals surface area contributed by atoms with Gasteiger partial charge < -0.3 is 16.8 Å². The third kappa shape index (κ3) is 4.98. The van der Waals surface area contributed by atoms with E-state index in [1.807, 2.05) is 37.5 Å². The zero-order valence-corrected chi connectivity index (χ0v) is 20.6. The van der Waals surface area contributed by atoms with Crippen LogP contribution in [0.25, 0.3) is 16.3 Å². The van der Waals surface area contributed by atoms with Gasteiger partial charge in [-0.25, -0.2) is 9.97 Å². The second-order valence-corrected chi connectivity index (χ2v) is 10.1. The van der Waals surface area contributed by atoms with Crippen LogP contribution in [0.1, 0.15) is 40.7 Å². The molecule has 1 amide bonds. The molecule has 5 N–H and O–H groups in total. The van der Waals surface area contributed by atoms with Gasteiger partial charge >= 0.3 is 0 Å². The van der Waals surface area contributed by atoms with E-state index in [2.05, 4.69) is 25.2 Å². The number of hydrogen-bond donors (Lipinski definition) is 3. The number of amides is 1. The number of rotatable bonds is 7. The lowest BCUT2D eigenvalue weighted by Crippen LogP contribution is -2.38. The summed E-state index contributed by atoms with van der Waals surface area (Å²) in [6, 6.07) is 7.51. The largest absolute Gasteiger partial charge is 0.396 e. The van der Waals surface area contributed by atoms with Crippen LogP contribution in [0, 0.1) is 5.92 Å². The summed E-state index contributed by atoms with van der Waals surface area (Å²) in [6.45, 7) is 5.54. The second kappa shape index (κ2) is 10.0. The van der Waals surface area contributed by atoms with Crippen molar-refractivity contribution in [1.82, 2.24) is 29.6 Å². The molecule has 0 radical (unpaired) electrons. The van der Waals surface area contributed by atoms with Crippen molar-refractivity contribution in [2.75, 3.05) is 31.1 Å². The van der Waals surface area contributed by atoms with Crippen LogP contribution in [0.2, 0.25) is 0 Å². The monoisotopic (exact) mass is 490 g/mol. The summed E-state index contributed by atoms with van der Waals surface area (Å²) in [4.78, 5) is 30.2. The Morgan fingerprint density at radius 2 is 2.06 bits per heavy atom. The molecule has 1 saturated heterocycles. The van der Waals surface area contributed by atoms with Crippen molar-refractivity contribution in [3.05, 3.63) is 59.0 Å². The van der Waals surface area contributed by atoms with E-state index in [0.717, 1.165) is 55.3 Å². The van der Waals surface area contributed by atoms with Gasteiger partial charge in [-0.3, -0.25) is 19.1 Å². The summed E-state index contributed by atoms with van der Waals surface area (Å²) in [5.74, 6) is 0.683. The Labute approximate surface area is 208 Å². The molecule has 1 aliphatic heterocycles. The van der Waals surface area contributed by atoms with Crippen molar-refractivity contribution in [2.45, 2.75) is 32.7 Å². The maximum absolute atomic E-state index is 13.0. The Bertz CT molecular complexity index is 1320. The predicted octanol–water partition coefficient (Wildman–Crippen LogP) is 3.22. The summed E-state index contributed by atoms with van der Waals surface area (Å²) < 4.78 is 1.71.